The average Bonchev–Trinajstić information content (AvgIpc) is 2.99. The summed E-state index contributed by atoms with van der Waals surface area (Å²) in [6.45, 7) is 7.63. The molecular formula is C17H22N2O2S. The number of amides is 2. The molecule has 5 heteroatoms. The lowest BCUT2D eigenvalue weighted by Crippen LogP contribution is -2.44. The van der Waals surface area contributed by atoms with E-state index in [2.05, 4.69) is 11.9 Å². The highest BCUT2D eigenvalue weighted by Gasteiger charge is 2.34. The van der Waals surface area contributed by atoms with E-state index in [0.717, 1.165) is 16.8 Å². The summed E-state index contributed by atoms with van der Waals surface area (Å²) in [5.74, 6) is 1.15. The Labute approximate surface area is 136 Å². The minimum Gasteiger partial charge on any atom is -0.324 e. The van der Waals surface area contributed by atoms with Crippen molar-refractivity contribution in [2.75, 3.05) is 16.9 Å². The third-order valence-corrected chi connectivity index (χ3v) is 4.94. The van der Waals surface area contributed by atoms with Crippen molar-refractivity contribution >= 4 is 29.3 Å². The van der Waals surface area contributed by atoms with Gasteiger partial charge in [-0.3, -0.25) is 9.59 Å². The summed E-state index contributed by atoms with van der Waals surface area (Å²) >= 11 is 1.62. The lowest BCUT2D eigenvalue weighted by atomic mass is 10.1. The highest BCUT2D eigenvalue weighted by molar-refractivity contribution is 7.99. The molecule has 1 atom stereocenters. The number of nitrogens with zero attached hydrogens (tertiary/aromatic N) is 1. The highest BCUT2D eigenvalue weighted by atomic mass is 32.2. The molecule has 2 rings (SSSR count). The van der Waals surface area contributed by atoms with Gasteiger partial charge in [0.15, 0.2) is 0 Å². The van der Waals surface area contributed by atoms with Gasteiger partial charge in [-0.2, -0.15) is 0 Å². The Hall–Kier alpha value is -1.75. The zero-order chi connectivity index (χ0) is 16.1. The Balaban J connectivity index is 2.06. The average molecular weight is 318 g/mol. The second-order valence-electron chi connectivity index (χ2n) is 5.44. The first kappa shape index (κ1) is 16.6. The first-order chi connectivity index (χ1) is 10.5. The van der Waals surface area contributed by atoms with Crippen molar-refractivity contribution in [1.82, 2.24) is 4.90 Å². The first-order valence-corrected chi connectivity index (χ1v) is 8.55. The molecule has 0 spiro atoms. The van der Waals surface area contributed by atoms with Crippen LogP contribution in [0.15, 0.2) is 30.9 Å². The largest absolute Gasteiger partial charge is 0.324 e. The number of aryl methyl sites for hydroxylation is 1. The quantitative estimate of drug-likeness (QED) is 0.849. The van der Waals surface area contributed by atoms with Gasteiger partial charge < -0.3 is 10.2 Å². The number of allylic oxidation sites excluding steroid dienone is 1. The van der Waals surface area contributed by atoms with Crippen molar-refractivity contribution in [3.63, 3.8) is 0 Å². The smallest absolute Gasteiger partial charge is 0.248 e. The molecule has 1 aromatic rings. The van der Waals surface area contributed by atoms with Crippen molar-refractivity contribution in [2.24, 2.45) is 0 Å². The van der Waals surface area contributed by atoms with Gasteiger partial charge in [-0.05, 0) is 37.5 Å². The summed E-state index contributed by atoms with van der Waals surface area (Å²) in [5.41, 5.74) is 3.02. The SMILES string of the molecule is C=CCCC(=O)N1CSCC1C(=O)Nc1cccc(C)c1C. The topological polar surface area (TPSA) is 49.4 Å². The van der Waals surface area contributed by atoms with E-state index in [0.29, 0.717) is 24.5 Å². The number of thioether (sulfide) groups is 1. The molecule has 1 aromatic carbocycles. The van der Waals surface area contributed by atoms with E-state index in [1.54, 1.807) is 22.7 Å². The molecule has 0 aliphatic carbocycles. The number of carbonyl (C=O) groups excluding carboxylic acids is 2. The molecule has 0 bridgehead atoms. The molecule has 1 saturated heterocycles. The summed E-state index contributed by atoms with van der Waals surface area (Å²) in [5, 5.41) is 2.97. The van der Waals surface area contributed by atoms with Crippen LogP contribution >= 0.6 is 11.8 Å². The maximum absolute atomic E-state index is 12.5. The predicted octanol–water partition coefficient (Wildman–Crippen LogP) is 3.11. The van der Waals surface area contributed by atoms with Crippen LogP contribution in [-0.4, -0.2) is 34.4 Å². The highest BCUT2D eigenvalue weighted by Crippen LogP contribution is 2.24. The lowest BCUT2D eigenvalue weighted by Gasteiger charge is -2.23. The summed E-state index contributed by atoms with van der Waals surface area (Å²) in [6.07, 6.45) is 2.79. The van der Waals surface area contributed by atoms with E-state index >= 15 is 0 Å². The van der Waals surface area contributed by atoms with Gasteiger partial charge in [0, 0.05) is 17.9 Å². The second kappa shape index (κ2) is 7.49. The maximum atomic E-state index is 12.5. The van der Waals surface area contributed by atoms with Crippen LogP contribution in [0.1, 0.15) is 24.0 Å². The number of nitrogens with one attached hydrogen (secondary N) is 1. The summed E-state index contributed by atoms with van der Waals surface area (Å²) in [6, 6.07) is 5.45. The van der Waals surface area contributed by atoms with Crippen molar-refractivity contribution in [2.45, 2.75) is 32.7 Å². The van der Waals surface area contributed by atoms with Gasteiger partial charge in [-0.15, -0.1) is 18.3 Å². The third kappa shape index (κ3) is 3.71. The van der Waals surface area contributed by atoms with Gasteiger partial charge >= 0.3 is 0 Å². The van der Waals surface area contributed by atoms with E-state index in [4.69, 9.17) is 0 Å². The number of anilines is 1. The molecule has 1 N–H and O–H groups in total. The second-order valence-corrected chi connectivity index (χ2v) is 6.44. The van der Waals surface area contributed by atoms with E-state index in [1.165, 1.54) is 0 Å². The van der Waals surface area contributed by atoms with Crippen molar-refractivity contribution in [1.29, 1.82) is 0 Å². The minimum atomic E-state index is -0.387. The molecule has 1 aliphatic heterocycles. The molecule has 1 aliphatic rings. The van der Waals surface area contributed by atoms with Gasteiger partial charge in [0.1, 0.15) is 6.04 Å². The number of hydrogen-bond donors (Lipinski definition) is 1. The van der Waals surface area contributed by atoms with Gasteiger partial charge in [0.25, 0.3) is 0 Å². The van der Waals surface area contributed by atoms with Crippen molar-refractivity contribution in [3.05, 3.63) is 42.0 Å². The van der Waals surface area contributed by atoms with Crippen LogP contribution < -0.4 is 5.32 Å². The van der Waals surface area contributed by atoms with Crippen LogP contribution in [0.3, 0.4) is 0 Å². The van der Waals surface area contributed by atoms with Crippen LogP contribution in [0, 0.1) is 13.8 Å². The molecular weight excluding hydrogens is 296 g/mol. The number of benzene rings is 1. The fourth-order valence-corrected chi connectivity index (χ4v) is 3.56. The van der Waals surface area contributed by atoms with E-state index in [-0.39, 0.29) is 17.9 Å². The summed E-state index contributed by atoms with van der Waals surface area (Å²) < 4.78 is 0. The molecule has 4 nitrogen and oxygen atoms in total. The minimum absolute atomic E-state index is 0.0195. The van der Waals surface area contributed by atoms with Crippen LogP contribution in [-0.2, 0) is 9.59 Å². The number of rotatable bonds is 5. The summed E-state index contributed by atoms with van der Waals surface area (Å²) in [7, 11) is 0. The fourth-order valence-electron chi connectivity index (χ4n) is 2.38. The van der Waals surface area contributed by atoms with Crippen LogP contribution in [0.4, 0.5) is 5.69 Å². The lowest BCUT2D eigenvalue weighted by molar-refractivity contribution is -0.136. The molecule has 0 saturated carbocycles. The van der Waals surface area contributed by atoms with Gasteiger partial charge in [-0.1, -0.05) is 18.2 Å². The molecule has 2 amide bonds. The summed E-state index contributed by atoms with van der Waals surface area (Å²) in [4.78, 5) is 26.4. The Morgan fingerprint density at radius 1 is 1.45 bits per heavy atom. The Kier molecular flexibility index (Phi) is 5.66. The van der Waals surface area contributed by atoms with Crippen molar-refractivity contribution in [3.8, 4) is 0 Å². The van der Waals surface area contributed by atoms with Gasteiger partial charge in [0.2, 0.25) is 11.8 Å². The fraction of sp³-hybridized carbons (Fsp3) is 0.412. The predicted molar refractivity (Wildman–Crippen MR) is 91.9 cm³/mol. The monoisotopic (exact) mass is 318 g/mol. The first-order valence-electron chi connectivity index (χ1n) is 7.39. The molecule has 0 radical (unpaired) electrons. The molecule has 1 heterocycles. The van der Waals surface area contributed by atoms with E-state index in [9.17, 15) is 9.59 Å². The Morgan fingerprint density at radius 3 is 2.95 bits per heavy atom. The molecule has 0 aromatic heterocycles. The van der Waals surface area contributed by atoms with Gasteiger partial charge in [0.05, 0.1) is 5.88 Å². The number of hydrogen-bond acceptors (Lipinski definition) is 3. The zero-order valence-corrected chi connectivity index (χ0v) is 13.9. The van der Waals surface area contributed by atoms with E-state index < -0.39 is 0 Å². The molecule has 22 heavy (non-hydrogen) atoms. The maximum Gasteiger partial charge on any atom is 0.248 e. The Bertz CT molecular complexity index is 586. The molecule has 1 fully saturated rings. The normalized spacial score (nSPS) is 17.4. The Morgan fingerprint density at radius 2 is 2.23 bits per heavy atom. The standard InChI is InChI=1S/C17H22N2O2S/c1-4-5-9-16(20)19-11-22-10-15(19)17(21)18-14-8-6-7-12(2)13(14)3/h4,6-8,15H,1,5,9-11H2,2-3H3,(H,18,21). The van der Waals surface area contributed by atoms with Crippen LogP contribution in [0.2, 0.25) is 0 Å². The third-order valence-electron chi connectivity index (χ3n) is 3.93. The van der Waals surface area contributed by atoms with Crippen LogP contribution in [0.25, 0.3) is 0 Å². The van der Waals surface area contributed by atoms with Crippen LogP contribution in [0.5, 0.6) is 0 Å². The van der Waals surface area contributed by atoms with E-state index in [1.807, 2.05) is 32.0 Å². The van der Waals surface area contributed by atoms with Crippen molar-refractivity contribution < 1.29 is 9.59 Å². The number of carbonyl (C=O) groups is 2. The zero-order valence-electron chi connectivity index (χ0n) is 13.1. The van der Waals surface area contributed by atoms with Gasteiger partial charge in [-0.25, -0.2) is 0 Å². The molecule has 118 valence electrons. The molecule has 1 unspecified atom stereocenters.